The van der Waals surface area contributed by atoms with Crippen molar-refractivity contribution < 1.29 is 18.8 Å². The van der Waals surface area contributed by atoms with E-state index in [-0.39, 0.29) is 12.5 Å². The largest absolute Gasteiger partial charge is 0.454 e. The summed E-state index contributed by atoms with van der Waals surface area (Å²) in [5.41, 5.74) is 1.94. The molecule has 1 atom stereocenters. The van der Waals surface area contributed by atoms with Gasteiger partial charge in [0.25, 0.3) is 5.89 Å². The Hall–Kier alpha value is -2.21. The summed E-state index contributed by atoms with van der Waals surface area (Å²) in [6.07, 6.45) is 0.295. The Balaban J connectivity index is 1.84. The van der Waals surface area contributed by atoms with Gasteiger partial charge in [-0.1, -0.05) is 43.3 Å². The number of ether oxygens (including phenoxy) is 2. The molecule has 2 rings (SSSR count). The van der Waals surface area contributed by atoms with Crippen molar-refractivity contribution in [1.82, 2.24) is 10.1 Å². The van der Waals surface area contributed by atoms with Gasteiger partial charge in [-0.2, -0.15) is 4.98 Å². The van der Waals surface area contributed by atoms with Gasteiger partial charge in [0, 0.05) is 12.2 Å². The molecule has 6 nitrogen and oxygen atoms in total. The number of benzene rings is 1. The van der Waals surface area contributed by atoms with E-state index < -0.39 is 12.1 Å². The van der Waals surface area contributed by atoms with E-state index in [9.17, 15) is 4.79 Å². The minimum absolute atomic E-state index is 0.0599. The van der Waals surface area contributed by atoms with Gasteiger partial charge in [0.2, 0.25) is 5.82 Å². The molecule has 0 saturated carbocycles. The molecule has 0 aliphatic rings. The lowest BCUT2D eigenvalue weighted by Crippen LogP contribution is -2.24. The van der Waals surface area contributed by atoms with E-state index in [2.05, 4.69) is 24.0 Å². The summed E-state index contributed by atoms with van der Waals surface area (Å²) in [7, 11) is 0. The fraction of sp³-hybridized carbons (Fsp3) is 0.500. The van der Waals surface area contributed by atoms with Crippen LogP contribution in [0.15, 0.2) is 28.8 Å². The molecule has 0 aliphatic carbocycles. The third kappa shape index (κ3) is 5.16. The van der Waals surface area contributed by atoms with Gasteiger partial charge in [0.1, 0.15) is 0 Å². The number of carbonyl (C=O) groups excluding carboxylic acids is 1. The Morgan fingerprint density at radius 3 is 2.71 bits per heavy atom. The van der Waals surface area contributed by atoms with Crippen molar-refractivity contribution >= 4 is 5.97 Å². The molecule has 0 fully saturated rings. The van der Waals surface area contributed by atoms with Crippen LogP contribution in [0.5, 0.6) is 0 Å². The molecule has 130 valence electrons. The number of hydrogen-bond acceptors (Lipinski definition) is 6. The second-order valence-corrected chi connectivity index (χ2v) is 6.13. The summed E-state index contributed by atoms with van der Waals surface area (Å²) < 4.78 is 15.8. The van der Waals surface area contributed by atoms with Crippen molar-refractivity contribution in [2.75, 3.05) is 6.61 Å². The number of carbonyl (C=O) groups is 1. The molecule has 1 aromatic heterocycles. The van der Waals surface area contributed by atoms with E-state index in [1.165, 1.54) is 0 Å². The Bertz CT molecular complexity index is 667. The molecular formula is C18H24N2O4. The maximum atomic E-state index is 11.9. The van der Waals surface area contributed by atoms with Gasteiger partial charge >= 0.3 is 5.97 Å². The van der Waals surface area contributed by atoms with Crippen molar-refractivity contribution in [3.8, 4) is 11.4 Å². The normalized spacial score (nSPS) is 12.4. The van der Waals surface area contributed by atoms with E-state index in [0.717, 1.165) is 17.5 Å². The maximum Gasteiger partial charge on any atom is 0.335 e. The molecule has 2 aromatic rings. The van der Waals surface area contributed by atoms with E-state index in [4.69, 9.17) is 14.0 Å². The molecule has 0 saturated heterocycles. The summed E-state index contributed by atoms with van der Waals surface area (Å²) in [4.78, 5) is 16.1. The van der Waals surface area contributed by atoms with Gasteiger partial charge < -0.3 is 14.0 Å². The van der Waals surface area contributed by atoms with Crippen LogP contribution in [0.25, 0.3) is 11.4 Å². The van der Waals surface area contributed by atoms with Gasteiger partial charge in [0.05, 0.1) is 0 Å². The van der Waals surface area contributed by atoms with Crippen molar-refractivity contribution in [3.63, 3.8) is 0 Å². The zero-order valence-electron chi connectivity index (χ0n) is 14.6. The Morgan fingerprint density at radius 1 is 1.25 bits per heavy atom. The lowest BCUT2D eigenvalue weighted by molar-refractivity contribution is -0.158. The average molecular weight is 332 g/mol. The molecule has 1 unspecified atom stereocenters. The van der Waals surface area contributed by atoms with Crippen LogP contribution in [0, 0.1) is 12.8 Å². The zero-order valence-corrected chi connectivity index (χ0v) is 14.6. The first-order valence-corrected chi connectivity index (χ1v) is 8.14. The van der Waals surface area contributed by atoms with Gasteiger partial charge in [-0.05, 0) is 31.7 Å². The highest BCUT2D eigenvalue weighted by Crippen LogP contribution is 2.20. The van der Waals surface area contributed by atoms with Crippen LogP contribution in [-0.4, -0.2) is 28.8 Å². The maximum absolute atomic E-state index is 11.9. The van der Waals surface area contributed by atoms with Crippen molar-refractivity contribution in [2.45, 2.75) is 46.8 Å². The molecule has 6 heteroatoms. The molecule has 0 bridgehead atoms. The smallest absolute Gasteiger partial charge is 0.335 e. The molecule has 0 radical (unpaired) electrons. The molecule has 0 aliphatic heterocycles. The molecule has 24 heavy (non-hydrogen) atoms. The highest BCUT2D eigenvalue weighted by Gasteiger charge is 2.17. The first-order chi connectivity index (χ1) is 11.5. The van der Waals surface area contributed by atoms with Crippen LogP contribution in [-0.2, 0) is 20.9 Å². The topological polar surface area (TPSA) is 74.5 Å². The number of aromatic nitrogens is 2. The summed E-state index contributed by atoms with van der Waals surface area (Å²) in [5.74, 6) is 0.845. The van der Waals surface area contributed by atoms with Crippen LogP contribution in [0.4, 0.5) is 0 Å². The van der Waals surface area contributed by atoms with Crippen LogP contribution in [0.2, 0.25) is 0 Å². The molecule has 0 amide bonds. The third-order valence-electron chi connectivity index (χ3n) is 3.59. The predicted octanol–water partition coefficient (Wildman–Crippen LogP) is 3.54. The molecular weight excluding hydrogens is 308 g/mol. The van der Waals surface area contributed by atoms with E-state index in [1.54, 1.807) is 6.92 Å². The zero-order chi connectivity index (χ0) is 17.5. The van der Waals surface area contributed by atoms with Crippen LogP contribution in [0.3, 0.4) is 0 Å². The van der Waals surface area contributed by atoms with Crippen LogP contribution in [0.1, 0.15) is 38.6 Å². The number of esters is 1. The fourth-order valence-electron chi connectivity index (χ4n) is 2.05. The lowest BCUT2D eigenvalue weighted by Gasteiger charge is -2.12. The molecule has 1 aromatic carbocycles. The molecule has 0 N–H and O–H groups in total. The van der Waals surface area contributed by atoms with E-state index >= 15 is 0 Å². The second kappa shape index (κ2) is 8.59. The van der Waals surface area contributed by atoms with E-state index in [0.29, 0.717) is 18.3 Å². The number of nitrogens with zero attached hydrogens (tertiary/aromatic N) is 2. The van der Waals surface area contributed by atoms with Crippen LogP contribution >= 0.6 is 0 Å². The Labute approximate surface area is 142 Å². The molecule has 1 heterocycles. The molecule has 0 spiro atoms. The highest BCUT2D eigenvalue weighted by atomic mass is 16.6. The first-order valence-electron chi connectivity index (χ1n) is 8.14. The minimum atomic E-state index is -0.609. The number of aryl methyl sites for hydroxylation is 1. The van der Waals surface area contributed by atoms with E-state index in [1.807, 2.05) is 31.2 Å². The lowest BCUT2D eigenvalue weighted by atomic mass is 10.1. The van der Waals surface area contributed by atoms with Gasteiger partial charge in [-0.15, -0.1) is 0 Å². The summed E-state index contributed by atoms with van der Waals surface area (Å²) in [6.45, 7) is 8.33. The Morgan fingerprint density at radius 2 is 2.00 bits per heavy atom. The quantitative estimate of drug-likeness (QED) is 0.688. The number of rotatable bonds is 8. The van der Waals surface area contributed by atoms with Gasteiger partial charge in [-0.3, -0.25) is 0 Å². The third-order valence-corrected chi connectivity index (χ3v) is 3.59. The highest BCUT2D eigenvalue weighted by molar-refractivity contribution is 5.74. The van der Waals surface area contributed by atoms with Crippen LogP contribution < -0.4 is 0 Å². The standard InChI is InChI=1S/C18H24N2O4/c1-12(2)9-10-22-14(4)18(21)23-11-16-19-17(20-24-16)15-8-6-5-7-13(15)3/h5-8,12,14H,9-11H2,1-4H3. The summed E-state index contributed by atoms with van der Waals surface area (Å²) in [5, 5.41) is 3.93. The SMILES string of the molecule is Cc1ccccc1-c1noc(COC(=O)C(C)OCCC(C)C)n1. The Kier molecular flexibility index (Phi) is 6.49. The number of hydrogen-bond donors (Lipinski definition) is 0. The van der Waals surface area contributed by atoms with Gasteiger partial charge in [0.15, 0.2) is 12.7 Å². The van der Waals surface area contributed by atoms with Crippen molar-refractivity contribution in [3.05, 3.63) is 35.7 Å². The summed E-state index contributed by atoms with van der Waals surface area (Å²) >= 11 is 0. The summed E-state index contributed by atoms with van der Waals surface area (Å²) in [6, 6.07) is 7.75. The average Bonchev–Trinajstić information content (AvgIpc) is 3.01. The van der Waals surface area contributed by atoms with Crippen molar-refractivity contribution in [1.29, 1.82) is 0 Å². The predicted molar refractivity (Wildman–Crippen MR) is 89.1 cm³/mol. The van der Waals surface area contributed by atoms with Crippen molar-refractivity contribution in [2.24, 2.45) is 5.92 Å². The van der Waals surface area contributed by atoms with Gasteiger partial charge in [-0.25, -0.2) is 4.79 Å². The monoisotopic (exact) mass is 332 g/mol. The fourth-order valence-corrected chi connectivity index (χ4v) is 2.05. The first kappa shape index (κ1) is 18.1. The second-order valence-electron chi connectivity index (χ2n) is 6.13. The minimum Gasteiger partial charge on any atom is -0.454 e.